The van der Waals surface area contributed by atoms with Gasteiger partial charge in [0.05, 0.1) is 5.54 Å². The highest BCUT2D eigenvalue weighted by atomic mass is 16.2. The molecule has 1 aliphatic carbocycles. The topological polar surface area (TPSA) is 32.3 Å². The molecule has 3 heteroatoms. The Morgan fingerprint density at radius 1 is 1.26 bits per heavy atom. The van der Waals surface area contributed by atoms with Gasteiger partial charge in [0.15, 0.2) is 0 Å². The molecule has 1 aromatic carbocycles. The predicted molar refractivity (Wildman–Crippen MR) is 77.3 cm³/mol. The van der Waals surface area contributed by atoms with Crippen LogP contribution < -0.4 is 10.2 Å². The van der Waals surface area contributed by atoms with E-state index in [1.165, 1.54) is 18.4 Å². The highest BCUT2D eigenvalue weighted by molar-refractivity contribution is 6.00. The van der Waals surface area contributed by atoms with Gasteiger partial charge in [-0.1, -0.05) is 12.1 Å². The maximum Gasteiger partial charge on any atom is 0.246 e. The van der Waals surface area contributed by atoms with Crippen LogP contribution >= 0.6 is 0 Å². The summed E-state index contributed by atoms with van der Waals surface area (Å²) < 4.78 is 0. The van der Waals surface area contributed by atoms with E-state index in [0.717, 1.165) is 18.8 Å². The van der Waals surface area contributed by atoms with Crippen molar-refractivity contribution in [2.24, 2.45) is 5.41 Å². The van der Waals surface area contributed by atoms with Crippen LogP contribution in [0.15, 0.2) is 24.3 Å². The Hall–Kier alpha value is -1.35. The van der Waals surface area contributed by atoms with E-state index in [4.69, 9.17) is 0 Å². The lowest BCUT2D eigenvalue weighted by atomic mass is 10.0. The Labute approximate surface area is 115 Å². The number of amides is 1. The van der Waals surface area contributed by atoms with Crippen molar-refractivity contribution in [1.29, 1.82) is 0 Å². The predicted octanol–water partition coefficient (Wildman–Crippen LogP) is 2.49. The lowest BCUT2D eigenvalue weighted by Gasteiger charge is -2.29. The fourth-order valence-electron chi connectivity index (χ4n) is 2.80. The van der Waals surface area contributed by atoms with E-state index in [0.29, 0.717) is 5.41 Å². The minimum absolute atomic E-state index is 0.182. The van der Waals surface area contributed by atoms with Crippen LogP contribution in [0.5, 0.6) is 0 Å². The van der Waals surface area contributed by atoms with Gasteiger partial charge < -0.3 is 10.2 Å². The molecule has 19 heavy (non-hydrogen) atoms. The van der Waals surface area contributed by atoms with Gasteiger partial charge in [-0.2, -0.15) is 0 Å². The highest BCUT2D eigenvalue weighted by Crippen LogP contribution is 2.48. The first-order chi connectivity index (χ1) is 8.92. The molecular weight excluding hydrogens is 236 g/mol. The molecule has 1 aromatic rings. The zero-order valence-corrected chi connectivity index (χ0v) is 12.0. The number of hydrogen-bond donors (Lipinski definition) is 1. The van der Waals surface area contributed by atoms with Crippen LogP contribution in [-0.4, -0.2) is 24.5 Å². The lowest BCUT2D eigenvalue weighted by molar-refractivity contribution is -0.123. The number of anilines is 1. The van der Waals surface area contributed by atoms with Crippen molar-refractivity contribution < 1.29 is 4.79 Å². The molecule has 1 saturated carbocycles. The van der Waals surface area contributed by atoms with E-state index in [9.17, 15) is 4.79 Å². The maximum absolute atomic E-state index is 12.8. The van der Waals surface area contributed by atoms with Crippen molar-refractivity contribution in [3.05, 3.63) is 29.8 Å². The first-order valence-corrected chi connectivity index (χ1v) is 7.06. The van der Waals surface area contributed by atoms with Gasteiger partial charge in [-0.05, 0) is 51.3 Å². The van der Waals surface area contributed by atoms with E-state index < -0.39 is 5.54 Å². The van der Waals surface area contributed by atoms with Crippen molar-refractivity contribution in [1.82, 2.24) is 5.32 Å². The Morgan fingerprint density at radius 2 is 2.00 bits per heavy atom. The summed E-state index contributed by atoms with van der Waals surface area (Å²) in [7, 11) is 0. The van der Waals surface area contributed by atoms with Crippen LogP contribution in [-0.2, 0) is 4.79 Å². The second-order valence-corrected chi connectivity index (χ2v) is 6.71. The molecule has 1 spiro atoms. The monoisotopic (exact) mass is 258 g/mol. The zero-order chi connectivity index (χ0) is 13.7. The molecule has 1 N–H and O–H groups in total. The van der Waals surface area contributed by atoms with Gasteiger partial charge in [0.25, 0.3) is 0 Å². The average molecular weight is 258 g/mol. The first kappa shape index (κ1) is 12.7. The van der Waals surface area contributed by atoms with Crippen LogP contribution in [0, 0.1) is 12.3 Å². The summed E-state index contributed by atoms with van der Waals surface area (Å²) in [5.41, 5.74) is 2.07. The highest BCUT2D eigenvalue weighted by Gasteiger charge is 2.50. The van der Waals surface area contributed by atoms with Crippen molar-refractivity contribution in [3.8, 4) is 0 Å². The summed E-state index contributed by atoms with van der Waals surface area (Å²) >= 11 is 0. The van der Waals surface area contributed by atoms with Crippen molar-refractivity contribution in [3.63, 3.8) is 0 Å². The third-order valence-corrected chi connectivity index (χ3v) is 4.45. The van der Waals surface area contributed by atoms with Crippen molar-refractivity contribution >= 4 is 11.6 Å². The number of benzene rings is 1. The molecular formula is C16H22N2O. The van der Waals surface area contributed by atoms with Crippen molar-refractivity contribution in [2.75, 3.05) is 18.0 Å². The normalized spacial score (nSPS) is 24.4. The fourth-order valence-corrected chi connectivity index (χ4v) is 2.80. The number of carbonyl (C=O) groups excluding carboxylic acids is 1. The molecule has 1 saturated heterocycles. The van der Waals surface area contributed by atoms with Gasteiger partial charge in [-0.15, -0.1) is 0 Å². The molecule has 1 heterocycles. The smallest absolute Gasteiger partial charge is 0.246 e. The molecule has 0 atom stereocenters. The molecule has 2 fully saturated rings. The number of aryl methyl sites for hydroxylation is 1. The number of rotatable bonds is 1. The quantitative estimate of drug-likeness (QED) is 0.839. The van der Waals surface area contributed by atoms with Gasteiger partial charge in [0.1, 0.15) is 0 Å². The summed E-state index contributed by atoms with van der Waals surface area (Å²) in [6, 6.07) is 8.25. The van der Waals surface area contributed by atoms with E-state index in [2.05, 4.69) is 24.4 Å². The van der Waals surface area contributed by atoms with Gasteiger partial charge in [0, 0.05) is 24.2 Å². The molecule has 3 rings (SSSR count). The summed E-state index contributed by atoms with van der Waals surface area (Å²) in [5, 5.41) is 3.45. The Bertz CT molecular complexity index is 517. The Morgan fingerprint density at radius 3 is 2.63 bits per heavy atom. The third kappa shape index (κ3) is 2.27. The summed E-state index contributed by atoms with van der Waals surface area (Å²) in [4.78, 5) is 14.7. The molecule has 0 radical (unpaired) electrons. The number of hydrogen-bond acceptors (Lipinski definition) is 2. The van der Waals surface area contributed by atoms with E-state index in [-0.39, 0.29) is 5.91 Å². The standard InChI is InChI=1S/C16H22N2O/c1-12-5-4-6-13(9-12)18-11-16(7-8-16)10-17-15(2,3)14(18)19/h4-6,9,17H,7-8,10-11H2,1-3H3. The van der Waals surface area contributed by atoms with E-state index in [1.54, 1.807) is 0 Å². The number of nitrogens with zero attached hydrogens (tertiary/aromatic N) is 1. The Balaban J connectivity index is 1.99. The average Bonchev–Trinajstić information content (AvgIpc) is 3.14. The summed E-state index contributed by atoms with van der Waals surface area (Å²) in [6.07, 6.45) is 2.46. The van der Waals surface area contributed by atoms with Gasteiger partial charge >= 0.3 is 0 Å². The Kier molecular flexibility index (Phi) is 2.72. The summed E-state index contributed by atoms with van der Waals surface area (Å²) in [5.74, 6) is 0.182. The fraction of sp³-hybridized carbons (Fsp3) is 0.562. The third-order valence-electron chi connectivity index (χ3n) is 4.45. The van der Waals surface area contributed by atoms with Gasteiger partial charge in [-0.25, -0.2) is 0 Å². The van der Waals surface area contributed by atoms with Crippen LogP contribution in [0.1, 0.15) is 32.3 Å². The molecule has 0 bridgehead atoms. The number of nitrogens with one attached hydrogen (secondary N) is 1. The zero-order valence-electron chi connectivity index (χ0n) is 12.0. The van der Waals surface area contributed by atoms with Crippen LogP contribution in [0.4, 0.5) is 5.69 Å². The molecule has 1 amide bonds. The van der Waals surface area contributed by atoms with E-state index >= 15 is 0 Å². The second kappa shape index (κ2) is 4.07. The molecule has 3 nitrogen and oxygen atoms in total. The second-order valence-electron chi connectivity index (χ2n) is 6.71. The molecule has 0 unspecified atom stereocenters. The van der Waals surface area contributed by atoms with Gasteiger partial charge in [0.2, 0.25) is 5.91 Å². The molecule has 102 valence electrons. The molecule has 1 aliphatic heterocycles. The lowest BCUT2D eigenvalue weighted by Crippen LogP contribution is -2.51. The SMILES string of the molecule is Cc1cccc(N2CC3(CC3)CNC(C)(C)C2=O)c1. The minimum atomic E-state index is -0.476. The largest absolute Gasteiger partial charge is 0.310 e. The van der Waals surface area contributed by atoms with E-state index in [1.807, 2.05) is 30.9 Å². The minimum Gasteiger partial charge on any atom is -0.310 e. The van der Waals surface area contributed by atoms with Crippen LogP contribution in [0.3, 0.4) is 0 Å². The summed E-state index contributed by atoms with van der Waals surface area (Å²) in [6.45, 7) is 7.85. The van der Waals surface area contributed by atoms with Gasteiger partial charge in [-0.3, -0.25) is 4.79 Å². The first-order valence-electron chi connectivity index (χ1n) is 7.06. The molecule has 2 aliphatic rings. The van der Waals surface area contributed by atoms with Crippen molar-refractivity contribution in [2.45, 2.75) is 39.2 Å². The van der Waals surface area contributed by atoms with Crippen LogP contribution in [0.2, 0.25) is 0 Å². The van der Waals surface area contributed by atoms with Crippen LogP contribution in [0.25, 0.3) is 0 Å². The number of carbonyl (C=O) groups is 1. The maximum atomic E-state index is 12.8. The molecule has 0 aromatic heterocycles.